The van der Waals surface area contributed by atoms with Gasteiger partial charge >= 0.3 is 0 Å². The number of benzene rings is 1. The molecule has 1 N–H and O–H groups in total. The number of rotatable bonds is 4. The second-order valence-corrected chi connectivity index (χ2v) is 5.60. The number of halogens is 1. The maximum atomic E-state index is 6.07. The van der Waals surface area contributed by atoms with Crippen molar-refractivity contribution >= 4 is 11.6 Å². The summed E-state index contributed by atoms with van der Waals surface area (Å²) < 4.78 is 5.41. The summed E-state index contributed by atoms with van der Waals surface area (Å²) in [4.78, 5) is 0. The molecular formula is C15H22ClNO. The van der Waals surface area contributed by atoms with Gasteiger partial charge in [-0.1, -0.05) is 11.6 Å². The maximum Gasteiger partial charge on any atom is 0.122 e. The largest absolute Gasteiger partial charge is 0.496 e. The molecule has 1 aliphatic rings. The lowest BCUT2D eigenvalue weighted by Gasteiger charge is -2.28. The predicted octanol–water partition coefficient (Wildman–Crippen LogP) is 3.67. The lowest BCUT2D eigenvalue weighted by Crippen LogP contribution is -2.30. The summed E-state index contributed by atoms with van der Waals surface area (Å²) >= 11 is 6.07. The average molecular weight is 268 g/mol. The van der Waals surface area contributed by atoms with E-state index in [0.717, 1.165) is 23.1 Å². The molecular weight excluding hydrogens is 246 g/mol. The van der Waals surface area contributed by atoms with Gasteiger partial charge in [0.15, 0.2) is 0 Å². The molecule has 2 nitrogen and oxygen atoms in total. The first-order valence-corrected chi connectivity index (χ1v) is 7.10. The van der Waals surface area contributed by atoms with Gasteiger partial charge in [-0.25, -0.2) is 0 Å². The van der Waals surface area contributed by atoms with Gasteiger partial charge in [-0.2, -0.15) is 0 Å². The summed E-state index contributed by atoms with van der Waals surface area (Å²) in [5.41, 5.74) is 1.25. The van der Waals surface area contributed by atoms with Crippen LogP contribution in [0.4, 0.5) is 0 Å². The zero-order valence-electron chi connectivity index (χ0n) is 11.2. The Bertz CT molecular complexity index is 386. The van der Waals surface area contributed by atoms with Gasteiger partial charge in [0.05, 0.1) is 7.11 Å². The minimum Gasteiger partial charge on any atom is -0.496 e. The minimum atomic E-state index is 0.711. The van der Waals surface area contributed by atoms with E-state index in [0.29, 0.717) is 6.04 Å². The smallest absolute Gasteiger partial charge is 0.122 e. The van der Waals surface area contributed by atoms with E-state index in [4.69, 9.17) is 16.3 Å². The zero-order chi connectivity index (χ0) is 13.0. The van der Waals surface area contributed by atoms with E-state index in [1.165, 1.54) is 31.2 Å². The van der Waals surface area contributed by atoms with Gasteiger partial charge in [0.1, 0.15) is 5.75 Å². The van der Waals surface area contributed by atoms with Gasteiger partial charge in [0.2, 0.25) is 0 Å². The summed E-state index contributed by atoms with van der Waals surface area (Å²) in [6.45, 7) is 0. The maximum absolute atomic E-state index is 6.07. The highest BCUT2D eigenvalue weighted by Gasteiger charge is 2.21. The van der Waals surface area contributed by atoms with Crippen molar-refractivity contribution in [3.05, 3.63) is 28.8 Å². The number of hydrogen-bond acceptors (Lipinski definition) is 2. The van der Waals surface area contributed by atoms with Crippen LogP contribution in [-0.2, 0) is 6.42 Å². The van der Waals surface area contributed by atoms with Crippen molar-refractivity contribution in [2.24, 2.45) is 5.92 Å². The molecule has 0 aliphatic heterocycles. The van der Waals surface area contributed by atoms with Crippen LogP contribution in [0.3, 0.4) is 0 Å². The molecule has 100 valence electrons. The quantitative estimate of drug-likeness (QED) is 0.899. The van der Waals surface area contributed by atoms with Crippen LogP contribution in [0.15, 0.2) is 18.2 Å². The Balaban J connectivity index is 1.99. The first-order valence-electron chi connectivity index (χ1n) is 6.72. The molecule has 0 radical (unpaired) electrons. The van der Waals surface area contributed by atoms with Crippen molar-refractivity contribution in [3.63, 3.8) is 0 Å². The standard InChI is InChI=1S/C15H22ClNO/c1-17-14-6-3-11(4-7-14)9-12-10-13(16)5-8-15(12)18-2/h5,8,10-11,14,17H,3-4,6-7,9H2,1-2H3. The molecule has 0 amide bonds. The highest BCUT2D eigenvalue weighted by atomic mass is 35.5. The van der Waals surface area contributed by atoms with E-state index in [1.54, 1.807) is 7.11 Å². The molecule has 0 saturated heterocycles. The summed E-state index contributed by atoms with van der Waals surface area (Å²) in [6, 6.07) is 6.62. The first kappa shape index (κ1) is 13.7. The number of ether oxygens (including phenoxy) is 1. The number of nitrogens with one attached hydrogen (secondary N) is 1. The van der Waals surface area contributed by atoms with Crippen molar-refractivity contribution in [2.75, 3.05) is 14.2 Å². The van der Waals surface area contributed by atoms with E-state index in [-0.39, 0.29) is 0 Å². The molecule has 0 atom stereocenters. The molecule has 1 fully saturated rings. The SMILES string of the molecule is CNC1CCC(Cc2cc(Cl)ccc2OC)CC1. The third-order valence-corrected chi connectivity index (χ3v) is 4.24. The molecule has 0 aromatic heterocycles. The lowest BCUT2D eigenvalue weighted by atomic mass is 9.82. The molecule has 0 spiro atoms. The lowest BCUT2D eigenvalue weighted by molar-refractivity contribution is 0.297. The average Bonchev–Trinajstić information content (AvgIpc) is 2.40. The minimum absolute atomic E-state index is 0.711. The fraction of sp³-hybridized carbons (Fsp3) is 0.600. The van der Waals surface area contributed by atoms with Crippen molar-refractivity contribution in [1.29, 1.82) is 0 Å². The van der Waals surface area contributed by atoms with Gasteiger partial charge in [0.25, 0.3) is 0 Å². The third kappa shape index (κ3) is 3.39. The normalized spacial score (nSPS) is 23.9. The zero-order valence-corrected chi connectivity index (χ0v) is 12.0. The van der Waals surface area contributed by atoms with Crippen LogP contribution in [0.5, 0.6) is 5.75 Å². The van der Waals surface area contributed by atoms with Gasteiger partial charge < -0.3 is 10.1 Å². The molecule has 0 heterocycles. The first-order chi connectivity index (χ1) is 8.72. The second kappa shape index (κ2) is 6.44. The van der Waals surface area contributed by atoms with Crippen LogP contribution in [0.25, 0.3) is 0 Å². The van der Waals surface area contributed by atoms with Gasteiger partial charge in [-0.3, -0.25) is 0 Å². The molecule has 18 heavy (non-hydrogen) atoms. The number of methoxy groups -OCH3 is 1. The number of hydrogen-bond donors (Lipinski definition) is 1. The van der Waals surface area contributed by atoms with E-state index in [1.807, 2.05) is 18.2 Å². The van der Waals surface area contributed by atoms with E-state index < -0.39 is 0 Å². The van der Waals surface area contributed by atoms with Crippen LogP contribution >= 0.6 is 11.6 Å². The van der Waals surface area contributed by atoms with Crippen LogP contribution in [0, 0.1) is 5.92 Å². The topological polar surface area (TPSA) is 21.3 Å². The molecule has 1 aliphatic carbocycles. The Morgan fingerprint density at radius 3 is 2.61 bits per heavy atom. The molecule has 1 aromatic carbocycles. The third-order valence-electron chi connectivity index (χ3n) is 4.01. The fourth-order valence-corrected chi connectivity index (χ4v) is 3.07. The summed E-state index contributed by atoms with van der Waals surface area (Å²) in [6.07, 6.45) is 6.23. The Labute approximate surface area is 115 Å². The summed E-state index contributed by atoms with van der Waals surface area (Å²) in [7, 11) is 3.79. The van der Waals surface area contributed by atoms with Crippen LogP contribution in [-0.4, -0.2) is 20.2 Å². The molecule has 2 rings (SSSR count). The highest BCUT2D eigenvalue weighted by molar-refractivity contribution is 6.30. The Hall–Kier alpha value is -0.730. The highest BCUT2D eigenvalue weighted by Crippen LogP contribution is 2.31. The van der Waals surface area contributed by atoms with Crippen molar-refractivity contribution < 1.29 is 4.74 Å². The molecule has 0 bridgehead atoms. The van der Waals surface area contributed by atoms with Crippen molar-refractivity contribution in [1.82, 2.24) is 5.32 Å². The molecule has 3 heteroatoms. The summed E-state index contributed by atoms with van der Waals surface area (Å²) in [5, 5.41) is 4.17. The second-order valence-electron chi connectivity index (χ2n) is 5.17. The molecule has 1 aromatic rings. The van der Waals surface area contributed by atoms with Crippen LogP contribution in [0.2, 0.25) is 5.02 Å². The van der Waals surface area contributed by atoms with Gasteiger partial charge in [-0.15, -0.1) is 0 Å². The van der Waals surface area contributed by atoms with E-state index >= 15 is 0 Å². The van der Waals surface area contributed by atoms with Gasteiger partial charge in [0, 0.05) is 11.1 Å². The Morgan fingerprint density at radius 2 is 2.00 bits per heavy atom. The molecule has 0 unspecified atom stereocenters. The van der Waals surface area contributed by atoms with Crippen molar-refractivity contribution in [2.45, 2.75) is 38.1 Å². The summed E-state index contributed by atoms with van der Waals surface area (Å²) in [5.74, 6) is 1.73. The Kier molecular flexibility index (Phi) is 4.90. The van der Waals surface area contributed by atoms with E-state index in [2.05, 4.69) is 12.4 Å². The molecule has 1 saturated carbocycles. The Morgan fingerprint density at radius 1 is 1.28 bits per heavy atom. The predicted molar refractivity (Wildman–Crippen MR) is 76.5 cm³/mol. The fourth-order valence-electron chi connectivity index (χ4n) is 2.87. The van der Waals surface area contributed by atoms with E-state index in [9.17, 15) is 0 Å². The van der Waals surface area contributed by atoms with Crippen molar-refractivity contribution in [3.8, 4) is 5.75 Å². The van der Waals surface area contributed by atoms with Gasteiger partial charge in [-0.05, 0) is 68.8 Å². The van der Waals surface area contributed by atoms with Crippen LogP contribution < -0.4 is 10.1 Å². The van der Waals surface area contributed by atoms with Crippen LogP contribution in [0.1, 0.15) is 31.2 Å². The monoisotopic (exact) mass is 267 g/mol.